The molecule has 0 spiro atoms. The Morgan fingerprint density at radius 3 is 2.67 bits per heavy atom. The summed E-state index contributed by atoms with van der Waals surface area (Å²) in [5.41, 5.74) is -1.29. The van der Waals surface area contributed by atoms with Gasteiger partial charge in [-0.3, -0.25) is 4.79 Å². The number of carbonyl (C=O) groups excluding carboxylic acids is 1. The quantitative estimate of drug-likeness (QED) is 0.764. The molecule has 116 valence electrons. The second-order valence-corrected chi connectivity index (χ2v) is 6.09. The Bertz CT molecular complexity index is 538. The van der Waals surface area contributed by atoms with Crippen LogP contribution < -0.4 is 10.1 Å². The van der Waals surface area contributed by atoms with Crippen molar-refractivity contribution in [2.24, 2.45) is 0 Å². The molecular weight excluding hydrogens is 362 g/mol. The fourth-order valence-corrected chi connectivity index (χ4v) is 2.60. The average molecular weight is 379 g/mol. The van der Waals surface area contributed by atoms with Crippen LogP contribution in [0, 0.1) is 0 Å². The van der Waals surface area contributed by atoms with Gasteiger partial charge in [0.2, 0.25) is 0 Å². The molecule has 0 aromatic heterocycles. The maximum absolute atomic E-state index is 11.8. The molecule has 1 rings (SSSR count). The number of benzene rings is 1. The minimum atomic E-state index is -1.29. The van der Waals surface area contributed by atoms with Crippen molar-refractivity contribution in [3.05, 3.63) is 27.7 Å². The molecule has 1 aromatic rings. The van der Waals surface area contributed by atoms with Crippen LogP contribution in [0.2, 0.25) is 5.02 Å². The Balaban J connectivity index is 2.63. The number of hydrogen-bond acceptors (Lipinski definition) is 3. The van der Waals surface area contributed by atoms with E-state index in [-0.39, 0.29) is 6.61 Å². The molecule has 1 atom stereocenters. The monoisotopic (exact) mass is 377 g/mol. The Labute approximate surface area is 136 Å². The summed E-state index contributed by atoms with van der Waals surface area (Å²) >= 11 is 9.08. The first-order valence-electron chi connectivity index (χ1n) is 6.40. The van der Waals surface area contributed by atoms with Gasteiger partial charge < -0.3 is 15.2 Å². The van der Waals surface area contributed by atoms with E-state index >= 15 is 0 Å². The number of rotatable bonds is 7. The van der Waals surface area contributed by atoms with Gasteiger partial charge in [0.05, 0.1) is 4.47 Å². The van der Waals surface area contributed by atoms with E-state index < -0.39 is 17.4 Å². The van der Waals surface area contributed by atoms with Crippen molar-refractivity contribution in [3.8, 4) is 5.75 Å². The van der Waals surface area contributed by atoms with Crippen molar-refractivity contribution in [3.63, 3.8) is 0 Å². The molecule has 1 amide bonds. The minimum absolute atomic E-state index is 0.271. The maximum Gasteiger partial charge on any atom is 0.329 e. The van der Waals surface area contributed by atoms with Crippen molar-refractivity contribution >= 4 is 39.4 Å². The van der Waals surface area contributed by atoms with E-state index in [0.717, 1.165) is 0 Å². The topological polar surface area (TPSA) is 75.6 Å². The summed E-state index contributed by atoms with van der Waals surface area (Å²) in [6, 6.07) is 4.91. The van der Waals surface area contributed by atoms with Crippen LogP contribution in [0.25, 0.3) is 0 Å². The van der Waals surface area contributed by atoms with Crippen LogP contribution in [0.15, 0.2) is 22.7 Å². The van der Waals surface area contributed by atoms with Crippen molar-refractivity contribution in [2.45, 2.75) is 32.2 Å². The molecule has 1 aromatic carbocycles. The Hall–Kier alpha value is -1.27. The second-order valence-electron chi connectivity index (χ2n) is 4.80. The highest BCUT2D eigenvalue weighted by atomic mass is 79.9. The van der Waals surface area contributed by atoms with E-state index in [0.29, 0.717) is 28.1 Å². The molecular formula is C14H17BrClNO4. The van der Waals surface area contributed by atoms with Crippen molar-refractivity contribution in [1.29, 1.82) is 0 Å². The van der Waals surface area contributed by atoms with Gasteiger partial charge in [-0.05, 0) is 47.5 Å². The summed E-state index contributed by atoms with van der Waals surface area (Å²) in [6.45, 7) is 3.07. The van der Waals surface area contributed by atoms with Crippen LogP contribution in [0.3, 0.4) is 0 Å². The third-order valence-electron chi connectivity index (χ3n) is 2.89. The summed E-state index contributed by atoms with van der Waals surface area (Å²) in [7, 11) is 0. The summed E-state index contributed by atoms with van der Waals surface area (Å²) in [4.78, 5) is 23.1. The number of amides is 1. The fraction of sp³-hybridized carbons (Fsp3) is 0.429. The highest BCUT2D eigenvalue weighted by Crippen LogP contribution is 2.27. The number of carboxylic acids is 1. The predicted octanol–water partition coefficient (Wildman–Crippen LogP) is 3.24. The first kappa shape index (κ1) is 17.8. The van der Waals surface area contributed by atoms with Crippen molar-refractivity contribution in [1.82, 2.24) is 5.32 Å². The van der Waals surface area contributed by atoms with Gasteiger partial charge >= 0.3 is 5.97 Å². The van der Waals surface area contributed by atoms with E-state index in [1.165, 1.54) is 6.92 Å². The molecule has 2 N–H and O–H groups in total. The smallest absolute Gasteiger partial charge is 0.329 e. The molecule has 0 saturated heterocycles. The summed E-state index contributed by atoms with van der Waals surface area (Å²) in [6.07, 6.45) is 0.991. The van der Waals surface area contributed by atoms with E-state index in [2.05, 4.69) is 21.2 Å². The molecule has 0 aliphatic heterocycles. The van der Waals surface area contributed by atoms with Gasteiger partial charge in [-0.1, -0.05) is 24.9 Å². The molecule has 5 nitrogen and oxygen atoms in total. The highest BCUT2D eigenvalue weighted by molar-refractivity contribution is 9.10. The molecule has 0 heterocycles. The third-order valence-corrected chi connectivity index (χ3v) is 3.74. The minimum Gasteiger partial charge on any atom is -0.483 e. The van der Waals surface area contributed by atoms with Crippen LogP contribution in [0.4, 0.5) is 0 Å². The van der Waals surface area contributed by atoms with Crippen molar-refractivity contribution in [2.75, 3.05) is 6.61 Å². The van der Waals surface area contributed by atoms with Gasteiger partial charge in [0.25, 0.3) is 5.91 Å². The lowest BCUT2D eigenvalue weighted by atomic mass is 9.96. The molecule has 0 aliphatic carbocycles. The van der Waals surface area contributed by atoms with Gasteiger partial charge in [0.15, 0.2) is 6.61 Å². The molecule has 0 radical (unpaired) electrons. The first-order chi connectivity index (χ1) is 9.78. The highest BCUT2D eigenvalue weighted by Gasteiger charge is 2.33. The third kappa shape index (κ3) is 5.21. The average Bonchev–Trinajstić information content (AvgIpc) is 2.37. The van der Waals surface area contributed by atoms with Crippen LogP contribution in [-0.2, 0) is 9.59 Å². The Morgan fingerprint density at radius 1 is 1.48 bits per heavy atom. The van der Waals surface area contributed by atoms with Crippen LogP contribution in [0.5, 0.6) is 5.75 Å². The second kappa shape index (κ2) is 7.66. The largest absolute Gasteiger partial charge is 0.483 e. The molecule has 0 aliphatic rings. The van der Waals surface area contributed by atoms with Crippen LogP contribution in [0.1, 0.15) is 26.7 Å². The van der Waals surface area contributed by atoms with Crippen LogP contribution in [-0.4, -0.2) is 29.1 Å². The number of hydrogen-bond donors (Lipinski definition) is 2. The zero-order chi connectivity index (χ0) is 16.0. The standard InChI is InChI=1S/C14H17BrClNO4/c1-3-6-14(2,13(19)20)17-12(18)8-21-11-5-4-9(16)7-10(11)15/h4-5,7H,3,6,8H2,1-2H3,(H,17,18)(H,19,20). The lowest BCUT2D eigenvalue weighted by Gasteiger charge is -2.25. The first-order valence-corrected chi connectivity index (χ1v) is 7.58. The van der Waals surface area contributed by atoms with E-state index in [9.17, 15) is 14.7 Å². The number of aliphatic carboxylic acids is 1. The maximum atomic E-state index is 11.8. The zero-order valence-electron chi connectivity index (χ0n) is 11.8. The molecule has 0 saturated carbocycles. The number of carbonyl (C=O) groups is 2. The van der Waals surface area contributed by atoms with E-state index in [4.69, 9.17) is 16.3 Å². The van der Waals surface area contributed by atoms with Gasteiger partial charge in [-0.15, -0.1) is 0 Å². The Morgan fingerprint density at radius 2 is 2.14 bits per heavy atom. The zero-order valence-corrected chi connectivity index (χ0v) is 14.1. The molecule has 0 bridgehead atoms. The Kier molecular flexibility index (Phi) is 6.48. The molecule has 0 fully saturated rings. The number of ether oxygens (including phenoxy) is 1. The fourth-order valence-electron chi connectivity index (χ4n) is 1.80. The number of carboxylic acid groups (broad SMARTS) is 1. The lowest BCUT2D eigenvalue weighted by molar-refractivity contribution is -0.147. The normalized spacial score (nSPS) is 13.3. The SMILES string of the molecule is CCCC(C)(NC(=O)COc1ccc(Cl)cc1Br)C(=O)O. The summed E-state index contributed by atoms with van der Waals surface area (Å²) in [5, 5.41) is 12.2. The van der Waals surface area contributed by atoms with Gasteiger partial charge in [0.1, 0.15) is 11.3 Å². The van der Waals surface area contributed by atoms with E-state index in [1.54, 1.807) is 18.2 Å². The van der Waals surface area contributed by atoms with Crippen LogP contribution >= 0.6 is 27.5 Å². The molecule has 1 unspecified atom stereocenters. The number of nitrogens with one attached hydrogen (secondary N) is 1. The molecule has 21 heavy (non-hydrogen) atoms. The summed E-state index contributed by atoms with van der Waals surface area (Å²) < 4.78 is 5.97. The van der Waals surface area contributed by atoms with Gasteiger partial charge in [-0.25, -0.2) is 4.79 Å². The number of halogens is 2. The van der Waals surface area contributed by atoms with Gasteiger partial charge in [-0.2, -0.15) is 0 Å². The predicted molar refractivity (Wildman–Crippen MR) is 83.7 cm³/mol. The van der Waals surface area contributed by atoms with Gasteiger partial charge in [0, 0.05) is 5.02 Å². The lowest BCUT2D eigenvalue weighted by Crippen LogP contribution is -2.53. The van der Waals surface area contributed by atoms with E-state index in [1.807, 2.05) is 6.92 Å². The van der Waals surface area contributed by atoms with Crippen molar-refractivity contribution < 1.29 is 19.4 Å². The molecule has 7 heteroatoms. The summed E-state index contributed by atoms with van der Waals surface area (Å²) in [5.74, 6) is -1.09.